The van der Waals surface area contributed by atoms with Crippen molar-refractivity contribution in [1.82, 2.24) is 20.2 Å². The molecule has 2 aliphatic rings. The normalized spacial score (nSPS) is 19.7. The van der Waals surface area contributed by atoms with Crippen molar-refractivity contribution < 1.29 is 24.1 Å². The van der Waals surface area contributed by atoms with Gasteiger partial charge in [-0.25, -0.2) is 4.98 Å². The summed E-state index contributed by atoms with van der Waals surface area (Å²) in [6.07, 6.45) is 7.07. The number of rotatable bonds is 14. The number of aliphatic hydroxyl groups is 1. The molecule has 0 unspecified atom stereocenters. The number of carbonyl (C=O) groups excluding carboxylic acids is 1. The van der Waals surface area contributed by atoms with E-state index in [4.69, 9.17) is 49.0 Å². The molecule has 2 fully saturated rings. The molecule has 1 aliphatic carbocycles. The van der Waals surface area contributed by atoms with Crippen molar-refractivity contribution in [3.05, 3.63) is 80.2 Å². The maximum absolute atomic E-state index is 14.2. The Labute approximate surface area is 279 Å². The molecule has 5 rings (SSSR count). The van der Waals surface area contributed by atoms with Crippen molar-refractivity contribution in [2.24, 2.45) is 5.92 Å². The summed E-state index contributed by atoms with van der Waals surface area (Å²) >= 11 is 19.1. The maximum Gasteiger partial charge on any atom is 0.230 e. The Hall–Kier alpha value is -2.66. The Morgan fingerprint density at radius 2 is 1.80 bits per heavy atom. The summed E-state index contributed by atoms with van der Waals surface area (Å²) in [6, 6.07) is 9.13. The molecule has 1 aliphatic heterocycles. The van der Waals surface area contributed by atoms with Gasteiger partial charge in [0.05, 0.1) is 21.0 Å². The third kappa shape index (κ3) is 8.39. The average Bonchev–Trinajstić information content (AvgIpc) is 3.86. The zero-order valence-corrected chi connectivity index (χ0v) is 27.8. The number of piperidine rings is 1. The Bertz CT molecular complexity index is 1450. The van der Waals surface area contributed by atoms with Gasteiger partial charge in [0.15, 0.2) is 5.75 Å². The van der Waals surface area contributed by atoms with Crippen LogP contribution in [0.2, 0.25) is 15.1 Å². The van der Waals surface area contributed by atoms with Crippen LogP contribution in [0.4, 0.5) is 0 Å². The summed E-state index contributed by atoms with van der Waals surface area (Å²) in [5.74, 6) is -0.0164. The fraction of sp³-hybridized carbons (Fsp3) is 0.485. The average molecular weight is 678 g/mol. The van der Waals surface area contributed by atoms with Crippen LogP contribution in [0, 0.1) is 12.8 Å². The zero-order chi connectivity index (χ0) is 32.0. The van der Waals surface area contributed by atoms with E-state index in [1.165, 1.54) is 0 Å². The highest BCUT2D eigenvalue weighted by Gasteiger charge is 2.48. The van der Waals surface area contributed by atoms with Crippen LogP contribution in [0.1, 0.15) is 48.1 Å². The number of methoxy groups -OCH3 is 1. The van der Waals surface area contributed by atoms with Gasteiger partial charge < -0.3 is 29.5 Å². The van der Waals surface area contributed by atoms with Crippen LogP contribution in [0.25, 0.3) is 0 Å². The van der Waals surface area contributed by atoms with E-state index in [-0.39, 0.29) is 25.2 Å². The van der Waals surface area contributed by atoms with Gasteiger partial charge in [0.25, 0.3) is 0 Å². The number of amides is 1. The van der Waals surface area contributed by atoms with Gasteiger partial charge in [-0.1, -0.05) is 34.8 Å². The molecule has 0 bridgehead atoms. The lowest BCUT2D eigenvalue weighted by Gasteiger charge is -2.42. The first-order valence-electron chi connectivity index (χ1n) is 15.2. The van der Waals surface area contributed by atoms with Crippen molar-refractivity contribution in [3.8, 4) is 11.6 Å². The number of aryl methyl sites for hydroxylation is 2. The number of halogens is 3. The molecule has 1 amide bonds. The quantitative estimate of drug-likeness (QED) is 0.207. The van der Waals surface area contributed by atoms with Gasteiger partial charge in [-0.2, -0.15) is 0 Å². The Morgan fingerprint density at radius 3 is 2.49 bits per heavy atom. The summed E-state index contributed by atoms with van der Waals surface area (Å²) < 4.78 is 16.7. The number of nitrogens with zero attached hydrogens (tertiary/aromatic N) is 3. The van der Waals surface area contributed by atoms with Crippen LogP contribution in [-0.2, 0) is 28.1 Å². The topological polar surface area (TPSA) is 106 Å². The highest BCUT2D eigenvalue weighted by atomic mass is 35.5. The van der Waals surface area contributed by atoms with Crippen LogP contribution in [0.3, 0.4) is 0 Å². The summed E-state index contributed by atoms with van der Waals surface area (Å²) in [5, 5.41) is 16.8. The standard InChI is InChI=1S/C33H39Cl3N4O5/c1-21-14-27(34)31(28(35)15-21)45-13-12-44-30-8-5-23(17-39-30)33(42)9-10-37-18-26(33)32(41)40(25-6-7-25)20-22-16-24(4-3-11-43-2)38-19-29(22)36/h5,8,14-17,19,25-26,37,42H,3-4,6-7,9-13,18,20H2,1-2H3/t26-,33+/m1/s1. The van der Waals surface area contributed by atoms with Crippen molar-refractivity contribution in [2.75, 3.05) is 40.0 Å². The summed E-state index contributed by atoms with van der Waals surface area (Å²) in [7, 11) is 1.68. The Morgan fingerprint density at radius 1 is 1.04 bits per heavy atom. The predicted octanol–water partition coefficient (Wildman–Crippen LogP) is 5.77. The van der Waals surface area contributed by atoms with Crippen molar-refractivity contribution in [1.29, 1.82) is 0 Å². The van der Waals surface area contributed by atoms with E-state index in [0.29, 0.717) is 64.9 Å². The van der Waals surface area contributed by atoms with Crippen LogP contribution in [0.5, 0.6) is 11.6 Å². The number of pyridine rings is 2. The number of hydrogen-bond donors (Lipinski definition) is 2. The highest BCUT2D eigenvalue weighted by Crippen LogP contribution is 2.40. The van der Waals surface area contributed by atoms with Gasteiger partial charge in [-0.15, -0.1) is 0 Å². The first kappa shape index (κ1) is 33.7. The van der Waals surface area contributed by atoms with E-state index in [1.807, 2.05) is 17.9 Å². The molecule has 2 atom stereocenters. The van der Waals surface area contributed by atoms with Crippen LogP contribution >= 0.6 is 34.8 Å². The minimum absolute atomic E-state index is 0.105. The van der Waals surface area contributed by atoms with Gasteiger partial charge in [0.1, 0.15) is 18.8 Å². The first-order chi connectivity index (χ1) is 21.7. The first-order valence-corrected chi connectivity index (χ1v) is 16.4. The van der Waals surface area contributed by atoms with E-state index in [9.17, 15) is 9.90 Å². The van der Waals surface area contributed by atoms with E-state index in [0.717, 1.165) is 42.5 Å². The molecule has 2 aromatic heterocycles. The Kier molecular flexibility index (Phi) is 11.4. The summed E-state index contributed by atoms with van der Waals surface area (Å²) in [4.78, 5) is 24.9. The van der Waals surface area contributed by atoms with Crippen molar-refractivity contribution >= 4 is 40.7 Å². The van der Waals surface area contributed by atoms with Gasteiger partial charge in [0, 0.05) is 62.6 Å². The van der Waals surface area contributed by atoms with E-state index < -0.39 is 11.5 Å². The zero-order valence-electron chi connectivity index (χ0n) is 25.5. The third-order valence-corrected chi connectivity index (χ3v) is 9.15. The fourth-order valence-electron chi connectivity index (χ4n) is 5.68. The molecule has 0 spiro atoms. The molecule has 3 aromatic rings. The number of carbonyl (C=O) groups is 1. The van der Waals surface area contributed by atoms with Crippen molar-refractivity contribution in [3.63, 3.8) is 0 Å². The van der Waals surface area contributed by atoms with Crippen molar-refractivity contribution in [2.45, 2.75) is 57.2 Å². The van der Waals surface area contributed by atoms with Crippen LogP contribution in [-0.4, -0.2) is 71.9 Å². The third-order valence-electron chi connectivity index (χ3n) is 8.25. The van der Waals surface area contributed by atoms with Crippen LogP contribution < -0.4 is 14.8 Å². The fourth-order valence-corrected chi connectivity index (χ4v) is 6.55. The molecule has 12 heteroatoms. The molecule has 242 valence electrons. The van der Waals surface area contributed by atoms with E-state index in [1.54, 1.807) is 43.8 Å². The predicted molar refractivity (Wildman–Crippen MR) is 174 cm³/mol. The van der Waals surface area contributed by atoms with Gasteiger partial charge >= 0.3 is 0 Å². The highest BCUT2D eigenvalue weighted by molar-refractivity contribution is 6.37. The minimum Gasteiger partial charge on any atom is -0.487 e. The molecule has 1 saturated heterocycles. The Balaban J connectivity index is 1.24. The second-order valence-electron chi connectivity index (χ2n) is 11.6. The molecule has 45 heavy (non-hydrogen) atoms. The second kappa shape index (κ2) is 15.3. The number of nitrogens with one attached hydrogen (secondary N) is 1. The van der Waals surface area contributed by atoms with E-state index >= 15 is 0 Å². The number of hydrogen-bond acceptors (Lipinski definition) is 8. The lowest BCUT2D eigenvalue weighted by molar-refractivity contribution is -0.150. The number of ether oxygens (including phenoxy) is 3. The van der Waals surface area contributed by atoms with E-state index in [2.05, 4.69) is 15.3 Å². The largest absolute Gasteiger partial charge is 0.487 e. The molecule has 9 nitrogen and oxygen atoms in total. The van der Waals surface area contributed by atoms with Gasteiger partial charge in [-0.05, 0) is 81.0 Å². The minimum atomic E-state index is -1.39. The second-order valence-corrected chi connectivity index (χ2v) is 12.9. The number of aromatic nitrogens is 2. The number of benzene rings is 1. The maximum atomic E-state index is 14.2. The lowest BCUT2D eigenvalue weighted by Crippen LogP contribution is -2.55. The smallest absolute Gasteiger partial charge is 0.230 e. The van der Waals surface area contributed by atoms with Gasteiger partial charge in [0.2, 0.25) is 11.8 Å². The monoisotopic (exact) mass is 676 g/mol. The summed E-state index contributed by atoms with van der Waals surface area (Å²) in [5.41, 5.74) is 1.89. The molecule has 1 aromatic carbocycles. The molecule has 1 saturated carbocycles. The van der Waals surface area contributed by atoms with Gasteiger partial charge in [-0.3, -0.25) is 9.78 Å². The molecule has 0 radical (unpaired) electrons. The molecule has 2 N–H and O–H groups in total. The molecular formula is C33H39Cl3N4O5. The molecule has 3 heterocycles. The molecular weight excluding hydrogens is 639 g/mol. The lowest BCUT2D eigenvalue weighted by atomic mass is 9.76. The summed E-state index contributed by atoms with van der Waals surface area (Å²) in [6.45, 7) is 4.27. The van der Waals surface area contributed by atoms with Crippen LogP contribution in [0.15, 0.2) is 42.7 Å². The SMILES string of the molecule is COCCCc1cc(CN(C(=O)[C@H]2CNCC[C@]2(O)c2ccc(OCCOc3c(Cl)cc(C)cc3Cl)nc2)C2CC2)c(Cl)cn1.